The van der Waals surface area contributed by atoms with Crippen LogP contribution in [0.4, 0.5) is 0 Å². The molecule has 1 aliphatic heterocycles. The Morgan fingerprint density at radius 1 is 1.40 bits per heavy atom. The van der Waals surface area contributed by atoms with Gasteiger partial charge in [0, 0.05) is 38.6 Å². The first-order chi connectivity index (χ1) is 7.31. The van der Waals surface area contributed by atoms with Crippen LogP contribution in [0.15, 0.2) is 18.5 Å². The SMILES string of the molecule is CCN1CCN(C(=O)c2cc[nH]c2)CC1. The highest BCUT2D eigenvalue weighted by molar-refractivity contribution is 5.94. The van der Waals surface area contributed by atoms with Crippen LogP contribution in [-0.2, 0) is 0 Å². The number of piperazine rings is 1. The van der Waals surface area contributed by atoms with E-state index in [0.717, 1.165) is 38.3 Å². The summed E-state index contributed by atoms with van der Waals surface area (Å²) in [5.41, 5.74) is 0.764. The fraction of sp³-hybridized carbons (Fsp3) is 0.545. The fourth-order valence-electron chi connectivity index (χ4n) is 1.91. The van der Waals surface area contributed by atoms with Crippen LogP contribution in [0.5, 0.6) is 0 Å². The first-order valence-corrected chi connectivity index (χ1v) is 5.45. The minimum absolute atomic E-state index is 0.145. The summed E-state index contributed by atoms with van der Waals surface area (Å²) in [5.74, 6) is 0.145. The molecule has 1 fully saturated rings. The lowest BCUT2D eigenvalue weighted by atomic mass is 10.2. The normalized spacial score (nSPS) is 18.1. The summed E-state index contributed by atoms with van der Waals surface area (Å²) < 4.78 is 0. The molecule has 15 heavy (non-hydrogen) atoms. The van der Waals surface area contributed by atoms with Crippen LogP contribution in [0.25, 0.3) is 0 Å². The third-order valence-electron chi connectivity index (χ3n) is 2.95. The van der Waals surface area contributed by atoms with E-state index in [9.17, 15) is 4.79 Å². The Balaban J connectivity index is 1.93. The van der Waals surface area contributed by atoms with Crippen molar-refractivity contribution in [3.8, 4) is 0 Å². The number of aromatic amines is 1. The highest BCUT2D eigenvalue weighted by atomic mass is 16.2. The lowest BCUT2D eigenvalue weighted by molar-refractivity contribution is 0.0643. The number of likely N-dealkylation sites (N-methyl/N-ethyl adjacent to an activating group) is 1. The van der Waals surface area contributed by atoms with Gasteiger partial charge in [-0.15, -0.1) is 0 Å². The number of carbonyl (C=O) groups is 1. The number of carbonyl (C=O) groups excluding carboxylic acids is 1. The summed E-state index contributed by atoms with van der Waals surface area (Å²) in [6.45, 7) is 6.91. The van der Waals surface area contributed by atoms with Crippen molar-refractivity contribution >= 4 is 5.91 Å². The molecule has 0 unspecified atom stereocenters. The molecule has 1 aromatic rings. The van der Waals surface area contributed by atoms with Crippen molar-refractivity contribution in [2.75, 3.05) is 32.7 Å². The highest BCUT2D eigenvalue weighted by Crippen LogP contribution is 2.07. The van der Waals surface area contributed by atoms with E-state index in [1.54, 1.807) is 12.4 Å². The van der Waals surface area contributed by atoms with E-state index in [4.69, 9.17) is 0 Å². The van der Waals surface area contributed by atoms with Crippen molar-refractivity contribution in [2.45, 2.75) is 6.92 Å². The molecule has 82 valence electrons. The molecule has 1 aliphatic rings. The lowest BCUT2D eigenvalue weighted by Crippen LogP contribution is -2.48. The van der Waals surface area contributed by atoms with Crippen molar-refractivity contribution < 1.29 is 4.79 Å². The smallest absolute Gasteiger partial charge is 0.255 e. The van der Waals surface area contributed by atoms with E-state index < -0.39 is 0 Å². The van der Waals surface area contributed by atoms with E-state index in [-0.39, 0.29) is 5.91 Å². The van der Waals surface area contributed by atoms with Crippen LogP contribution in [-0.4, -0.2) is 53.4 Å². The summed E-state index contributed by atoms with van der Waals surface area (Å²) in [6, 6.07) is 1.83. The Bertz CT molecular complexity index is 313. The fourth-order valence-corrected chi connectivity index (χ4v) is 1.91. The molecule has 1 saturated heterocycles. The van der Waals surface area contributed by atoms with Crippen molar-refractivity contribution in [1.29, 1.82) is 0 Å². The molecule has 4 heteroatoms. The van der Waals surface area contributed by atoms with Gasteiger partial charge in [-0.2, -0.15) is 0 Å². The number of hydrogen-bond acceptors (Lipinski definition) is 2. The molecule has 0 saturated carbocycles. The second kappa shape index (κ2) is 4.49. The van der Waals surface area contributed by atoms with Crippen LogP contribution in [0.1, 0.15) is 17.3 Å². The monoisotopic (exact) mass is 207 g/mol. The predicted octanol–water partition coefficient (Wildman–Crippen LogP) is 0.792. The van der Waals surface area contributed by atoms with Crippen molar-refractivity contribution in [1.82, 2.24) is 14.8 Å². The Morgan fingerprint density at radius 2 is 2.13 bits per heavy atom. The van der Waals surface area contributed by atoms with Crippen LogP contribution in [0.3, 0.4) is 0 Å². The van der Waals surface area contributed by atoms with Gasteiger partial charge in [-0.25, -0.2) is 0 Å². The van der Waals surface area contributed by atoms with Gasteiger partial charge in [0.25, 0.3) is 5.91 Å². The highest BCUT2D eigenvalue weighted by Gasteiger charge is 2.21. The molecule has 1 N–H and O–H groups in total. The topological polar surface area (TPSA) is 39.3 Å². The number of hydrogen-bond donors (Lipinski definition) is 1. The average Bonchev–Trinajstić information content (AvgIpc) is 2.82. The largest absolute Gasteiger partial charge is 0.367 e. The molecule has 0 spiro atoms. The van der Waals surface area contributed by atoms with Crippen LogP contribution in [0.2, 0.25) is 0 Å². The van der Waals surface area contributed by atoms with Gasteiger partial charge >= 0.3 is 0 Å². The molecule has 0 aliphatic carbocycles. The van der Waals surface area contributed by atoms with Gasteiger partial charge in [0.05, 0.1) is 5.56 Å². The predicted molar refractivity (Wildman–Crippen MR) is 58.8 cm³/mol. The zero-order valence-corrected chi connectivity index (χ0v) is 9.07. The second-order valence-corrected chi connectivity index (χ2v) is 3.83. The number of rotatable bonds is 2. The van der Waals surface area contributed by atoms with E-state index in [1.165, 1.54) is 0 Å². The number of amides is 1. The van der Waals surface area contributed by atoms with Gasteiger partial charge in [-0.05, 0) is 12.6 Å². The van der Waals surface area contributed by atoms with E-state index in [0.29, 0.717) is 0 Å². The average molecular weight is 207 g/mol. The zero-order valence-electron chi connectivity index (χ0n) is 9.07. The Kier molecular flexibility index (Phi) is 3.06. The Morgan fingerprint density at radius 3 is 2.67 bits per heavy atom. The van der Waals surface area contributed by atoms with E-state index in [2.05, 4.69) is 16.8 Å². The van der Waals surface area contributed by atoms with Crippen LogP contribution in [0, 0.1) is 0 Å². The molecule has 2 rings (SSSR count). The Labute approximate surface area is 89.9 Å². The summed E-state index contributed by atoms with van der Waals surface area (Å²) >= 11 is 0. The van der Waals surface area contributed by atoms with Gasteiger partial charge in [0.2, 0.25) is 0 Å². The standard InChI is InChI=1S/C11H17N3O/c1-2-13-5-7-14(8-6-13)11(15)10-3-4-12-9-10/h3-4,9,12H,2,5-8H2,1H3. The molecule has 0 bridgehead atoms. The molecule has 2 heterocycles. The number of nitrogens with one attached hydrogen (secondary N) is 1. The summed E-state index contributed by atoms with van der Waals surface area (Å²) in [7, 11) is 0. The molecule has 0 radical (unpaired) electrons. The third kappa shape index (κ3) is 2.21. The number of H-pyrrole nitrogens is 1. The third-order valence-corrected chi connectivity index (χ3v) is 2.95. The molecule has 1 aromatic heterocycles. The van der Waals surface area contributed by atoms with Crippen molar-refractivity contribution in [3.63, 3.8) is 0 Å². The van der Waals surface area contributed by atoms with Crippen molar-refractivity contribution in [2.24, 2.45) is 0 Å². The van der Waals surface area contributed by atoms with E-state index in [1.807, 2.05) is 11.0 Å². The van der Waals surface area contributed by atoms with Crippen LogP contribution < -0.4 is 0 Å². The van der Waals surface area contributed by atoms with Gasteiger partial charge in [0.15, 0.2) is 0 Å². The van der Waals surface area contributed by atoms with Crippen LogP contribution >= 0.6 is 0 Å². The summed E-state index contributed by atoms with van der Waals surface area (Å²) in [6.07, 6.45) is 3.55. The first-order valence-electron chi connectivity index (χ1n) is 5.45. The maximum absolute atomic E-state index is 11.9. The minimum Gasteiger partial charge on any atom is -0.367 e. The maximum Gasteiger partial charge on any atom is 0.255 e. The molecule has 0 atom stereocenters. The maximum atomic E-state index is 11.9. The minimum atomic E-state index is 0.145. The lowest BCUT2D eigenvalue weighted by Gasteiger charge is -2.33. The first kappa shape index (κ1) is 10.2. The van der Waals surface area contributed by atoms with E-state index >= 15 is 0 Å². The van der Waals surface area contributed by atoms with Gasteiger partial charge in [-0.1, -0.05) is 6.92 Å². The zero-order chi connectivity index (χ0) is 10.7. The number of nitrogens with zero attached hydrogens (tertiary/aromatic N) is 2. The quantitative estimate of drug-likeness (QED) is 0.779. The van der Waals surface area contributed by atoms with Gasteiger partial charge < -0.3 is 14.8 Å². The second-order valence-electron chi connectivity index (χ2n) is 3.83. The molecule has 4 nitrogen and oxygen atoms in total. The summed E-state index contributed by atoms with van der Waals surface area (Å²) in [4.78, 5) is 19.1. The van der Waals surface area contributed by atoms with Gasteiger partial charge in [-0.3, -0.25) is 4.79 Å². The molecule has 1 amide bonds. The number of aromatic nitrogens is 1. The molecular formula is C11H17N3O. The summed E-state index contributed by atoms with van der Waals surface area (Å²) in [5, 5.41) is 0. The van der Waals surface area contributed by atoms with Crippen molar-refractivity contribution in [3.05, 3.63) is 24.0 Å². The molecule has 0 aromatic carbocycles. The molecular weight excluding hydrogens is 190 g/mol. The Hall–Kier alpha value is -1.29. The van der Waals surface area contributed by atoms with Gasteiger partial charge in [0.1, 0.15) is 0 Å².